The number of hydrogen-bond acceptors (Lipinski definition) is 4. The van der Waals surface area contributed by atoms with E-state index in [1.807, 2.05) is 12.1 Å². The van der Waals surface area contributed by atoms with Gasteiger partial charge in [-0.2, -0.15) is 31.1 Å². The van der Waals surface area contributed by atoms with Crippen LogP contribution in [0.2, 0.25) is 0 Å². The molecule has 0 aromatic heterocycles. The maximum atomic E-state index is 13.8. The van der Waals surface area contributed by atoms with Gasteiger partial charge >= 0.3 is 12.4 Å². The maximum absolute atomic E-state index is 13.8. The first-order valence-electron chi connectivity index (χ1n) is 13.5. The Morgan fingerprint density at radius 1 is 1.02 bits per heavy atom. The van der Waals surface area contributed by atoms with Crippen LogP contribution in [0.1, 0.15) is 67.3 Å². The molecule has 1 saturated heterocycles. The zero-order valence-corrected chi connectivity index (χ0v) is 23.3. The first kappa shape index (κ1) is 31.3. The van der Waals surface area contributed by atoms with Crippen molar-refractivity contribution in [2.75, 3.05) is 13.1 Å². The molecule has 6 nitrogen and oxygen atoms in total. The number of carbonyl (C=O) groups is 1. The lowest BCUT2D eigenvalue weighted by atomic mass is 9.86. The predicted molar refractivity (Wildman–Crippen MR) is 140 cm³/mol. The third-order valence-corrected chi connectivity index (χ3v) is 9.16. The standard InChI is InChI=1S/C28H33F6N3O3S/c1-18-10-12-37(13-11-18)17-19-8-9-23-20(14-19)4-2-7-24(23)35-26(38)16-25(28(32,33)34)36-41(39,40)22-6-3-5-21(15-22)27(29,30)31/h3,5-6,8-9,14-15,18,24-25,36H,2,4,7,10-13,16-17H2,1H3,(H,35,38)/t24-,25-/m1/s1. The lowest BCUT2D eigenvalue weighted by Gasteiger charge is -2.31. The Kier molecular flexibility index (Phi) is 9.39. The molecule has 1 fully saturated rings. The summed E-state index contributed by atoms with van der Waals surface area (Å²) in [6.45, 7) is 5.09. The zero-order valence-electron chi connectivity index (χ0n) is 22.5. The number of sulfonamides is 1. The Hall–Kier alpha value is -2.64. The van der Waals surface area contributed by atoms with E-state index in [-0.39, 0.29) is 6.07 Å². The highest BCUT2D eigenvalue weighted by atomic mass is 32.2. The van der Waals surface area contributed by atoms with Crippen LogP contribution < -0.4 is 10.0 Å². The lowest BCUT2D eigenvalue weighted by Crippen LogP contribution is -2.48. The third kappa shape index (κ3) is 8.23. The molecule has 0 unspecified atom stereocenters. The molecule has 0 saturated carbocycles. The highest BCUT2D eigenvalue weighted by Crippen LogP contribution is 2.33. The van der Waals surface area contributed by atoms with Crippen LogP contribution in [-0.4, -0.2) is 44.5 Å². The van der Waals surface area contributed by atoms with Gasteiger partial charge in [0.05, 0.1) is 22.9 Å². The molecule has 41 heavy (non-hydrogen) atoms. The molecule has 0 radical (unpaired) electrons. The van der Waals surface area contributed by atoms with Crippen molar-refractivity contribution in [1.29, 1.82) is 0 Å². The Bertz CT molecular complexity index is 1340. The van der Waals surface area contributed by atoms with Gasteiger partial charge in [-0.3, -0.25) is 9.69 Å². The van der Waals surface area contributed by atoms with Crippen molar-refractivity contribution in [3.63, 3.8) is 0 Å². The van der Waals surface area contributed by atoms with Crippen molar-refractivity contribution in [2.24, 2.45) is 5.92 Å². The van der Waals surface area contributed by atoms with Crippen LogP contribution in [0.5, 0.6) is 0 Å². The van der Waals surface area contributed by atoms with Crippen LogP contribution in [0.15, 0.2) is 47.4 Å². The first-order valence-corrected chi connectivity index (χ1v) is 15.0. The van der Waals surface area contributed by atoms with E-state index in [1.165, 1.54) is 4.72 Å². The van der Waals surface area contributed by atoms with E-state index in [4.69, 9.17) is 0 Å². The van der Waals surface area contributed by atoms with Crippen molar-refractivity contribution in [1.82, 2.24) is 14.9 Å². The van der Waals surface area contributed by atoms with Crippen LogP contribution >= 0.6 is 0 Å². The molecule has 1 aliphatic heterocycles. The summed E-state index contributed by atoms with van der Waals surface area (Å²) in [5.74, 6) is -0.310. The molecule has 1 amide bonds. The Morgan fingerprint density at radius 3 is 2.39 bits per heavy atom. The summed E-state index contributed by atoms with van der Waals surface area (Å²) in [4.78, 5) is 14.1. The second-order valence-corrected chi connectivity index (χ2v) is 12.7. The Labute approximate surface area is 235 Å². The van der Waals surface area contributed by atoms with Crippen molar-refractivity contribution in [3.8, 4) is 0 Å². The molecule has 2 atom stereocenters. The highest BCUT2D eigenvalue weighted by molar-refractivity contribution is 7.89. The van der Waals surface area contributed by atoms with Crippen molar-refractivity contribution in [2.45, 2.75) is 81.3 Å². The van der Waals surface area contributed by atoms with Crippen LogP contribution in [-0.2, 0) is 34.0 Å². The van der Waals surface area contributed by atoms with E-state index >= 15 is 0 Å². The van der Waals surface area contributed by atoms with Gasteiger partial charge in [0.2, 0.25) is 15.9 Å². The number of benzene rings is 2. The number of carbonyl (C=O) groups excluding carboxylic acids is 1. The van der Waals surface area contributed by atoms with E-state index in [2.05, 4.69) is 23.2 Å². The summed E-state index contributed by atoms with van der Waals surface area (Å²) < 4.78 is 107. The Balaban J connectivity index is 1.43. The van der Waals surface area contributed by atoms with E-state index in [0.717, 1.165) is 67.7 Å². The average Bonchev–Trinajstić information content (AvgIpc) is 2.88. The number of rotatable bonds is 8. The molecule has 2 aromatic rings. The average molecular weight is 606 g/mol. The van der Waals surface area contributed by atoms with Gasteiger partial charge in [-0.15, -0.1) is 0 Å². The van der Waals surface area contributed by atoms with Crippen molar-refractivity contribution >= 4 is 15.9 Å². The second kappa shape index (κ2) is 12.3. The maximum Gasteiger partial charge on any atom is 0.416 e. The lowest BCUT2D eigenvalue weighted by molar-refractivity contribution is -0.158. The molecule has 2 N–H and O–H groups in total. The second-order valence-electron chi connectivity index (χ2n) is 10.9. The fraction of sp³-hybridized carbons (Fsp3) is 0.536. The quantitative estimate of drug-likeness (QED) is 0.377. The largest absolute Gasteiger partial charge is 0.416 e. The molecule has 226 valence electrons. The highest BCUT2D eigenvalue weighted by Gasteiger charge is 2.44. The molecular formula is C28H33F6N3O3S. The first-order chi connectivity index (χ1) is 19.1. The smallest absolute Gasteiger partial charge is 0.349 e. The number of aryl methyl sites for hydroxylation is 1. The SMILES string of the molecule is CC1CCN(Cc2ccc3c(c2)CCC[C@H]3NC(=O)C[C@@H](NS(=O)(=O)c2cccc(C(F)(F)F)c2)C(F)(F)F)CC1. The van der Waals surface area contributed by atoms with Gasteiger partial charge < -0.3 is 5.32 Å². The minimum atomic E-state index is -5.17. The number of fused-ring (bicyclic) bond motifs is 1. The van der Waals surface area contributed by atoms with Gasteiger partial charge in [0, 0.05) is 6.54 Å². The van der Waals surface area contributed by atoms with Gasteiger partial charge in [0.1, 0.15) is 6.04 Å². The molecule has 1 aliphatic carbocycles. The number of nitrogens with zero attached hydrogens (tertiary/aromatic N) is 1. The summed E-state index contributed by atoms with van der Waals surface area (Å²) in [6, 6.07) is 4.94. The monoisotopic (exact) mass is 605 g/mol. The van der Waals surface area contributed by atoms with Crippen LogP contribution in [0, 0.1) is 5.92 Å². The normalized spacial score (nSPS) is 19.9. The number of nitrogens with one attached hydrogen (secondary N) is 2. The number of halogens is 6. The fourth-order valence-corrected chi connectivity index (χ4v) is 6.62. The Morgan fingerprint density at radius 2 is 1.73 bits per heavy atom. The minimum Gasteiger partial charge on any atom is -0.349 e. The summed E-state index contributed by atoms with van der Waals surface area (Å²) in [5, 5.41) is 2.60. The third-order valence-electron chi connectivity index (χ3n) is 7.69. The van der Waals surface area contributed by atoms with Crippen LogP contribution in [0.3, 0.4) is 0 Å². The van der Waals surface area contributed by atoms with Crippen molar-refractivity contribution in [3.05, 3.63) is 64.7 Å². The minimum absolute atomic E-state index is 0.245. The molecule has 1 heterocycles. The van der Waals surface area contributed by atoms with Gasteiger partial charge in [0.15, 0.2) is 0 Å². The molecule has 2 aromatic carbocycles. The molecule has 13 heteroatoms. The van der Waals surface area contributed by atoms with E-state index in [0.29, 0.717) is 24.8 Å². The predicted octanol–water partition coefficient (Wildman–Crippen LogP) is 5.73. The molecular weight excluding hydrogens is 572 g/mol. The topological polar surface area (TPSA) is 78.5 Å². The molecule has 4 rings (SSSR count). The zero-order chi connectivity index (χ0) is 30.0. The number of hydrogen-bond donors (Lipinski definition) is 2. The van der Waals surface area contributed by atoms with Gasteiger partial charge in [0.25, 0.3) is 0 Å². The van der Waals surface area contributed by atoms with Crippen molar-refractivity contribution < 1.29 is 39.6 Å². The molecule has 2 aliphatic rings. The number of amides is 1. The summed E-state index contributed by atoms with van der Waals surface area (Å²) in [5.41, 5.74) is 1.63. The van der Waals surface area contributed by atoms with Gasteiger partial charge in [-0.1, -0.05) is 31.2 Å². The fourth-order valence-electron chi connectivity index (χ4n) is 5.35. The number of likely N-dealkylation sites (tertiary alicyclic amines) is 1. The number of piperidine rings is 1. The van der Waals surface area contributed by atoms with E-state index in [1.54, 1.807) is 0 Å². The number of alkyl halides is 6. The van der Waals surface area contributed by atoms with E-state index < -0.39 is 57.2 Å². The van der Waals surface area contributed by atoms with Gasteiger partial charge in [-0.25, -0.2) is 8.42 Å². The summed E-state index contributed by atoms with van der Waals surface area (Å²) in [6.07, 6.45) is -7.03. The molecule has 0 bridgehead atoms. The van der Waals surface area contributed by atoms with Gasteiger partial charge in [-0.05, 0) is 86.0 Å². The van der Waals surface area contributed by atoms with E-state index in [9.17, 15) is 39.6 Å². The van der Waals surface area contributed by atoms with Crippen LogP contribution in [0.25, 0.3) is 0 Å². The van der Waals surface area contributed by atoms with Crippen LogP contribution in [0.4, 0.5) is 26.3 Å². The summed E-state index contributed by atoms with van der Waals surface area (Å²) in [7, 11) is -5.03. The summed E-state index contributed by atoms with van der Waals surface area (Å²) >= 11 is 0. The molecule has 0 spiro atoms.